The number of halogens is 1. The third kappa shape index (κ3) is 5.55. The Morgan fingerprint density at radius 2 is 1.60 bits per heavy atom. The zero-order valence-corrected chi connectivity index (χ0v) is 18.2. The predicted molar refractivity (Wildman–Crippen MR) is 110 cm³/mol. The fourth-order valence-corrected chi connectivity index (χ4v) is 3.24. The molecule has 2 aromatic rings. The number of methoxy groups -OCH3 is 3. The monoisotopic (exact) mass is 457 g/mol. The lowest BCUT2D eigenvalue weighted by Crippen LogP contribution is -2.21. The number of hydrogen-bond donors (Lipinski definition) is 1. The van der Waals surface area contributed by atoms with E-state index in [2.05, 4.69) is 5.32 Å². The van der Waals surface area contributed by atoms with Crippen LogP contribution >= 0.6 is 11.6 Å². The Kier molecular flexibility index (Phi) is 7.52. The number of nitrogens with one attached hydrogen (secondary N) is 1. The molecule has 0 aliphatic rings. The first-order valence-corrected chi connectivity index (χ1v) is 10.6. The number of esters is 1. The predicted octanol–water partition coefficient (Wildman–Crippen LogP) is 2.56. The van der Waals surface area contributed by atoms with Gasteiger partial charge in [-0.1, -0.05) is 11.6 Å². The van der Waals surface area contributed by atoms with Crippen LogP contribution in [0.1, 0.15) is 10.4 Å². The van der Waals surface area contributed by atoms with Crippen molar-refractivity contribution in [3.05, 3.63) is 40.9 Å². The van der Waals surface area contributed by atoms with Gasteiger partial charge in [-0.3, -0.25) is 4.79 Å². The number of anilines is 1. The lowest BCUT2D eigenvalue weighted by molar-refractivity contribution is -0.119. The van der Waals surface area contributed by atoms with E-state index in [0.717, 1.165) is 6.26 Å². The highest BCUT2D eigenvalue weighted by Crippen LogP contribution is 2.38. The molecular weight excluding hydrogens is 438 g/mol. The Labute approximate surface area is 178 Å². The molecule has 1 N–H and O–H groups in total. The van der Waals surface area contributed by atoms with Crippen LogP contribution in [0.2, 0.25) is 5.02 Å². The molecule has 0 aromatic heterocycles. The van der Waals surface area contributed by atoms with Crippen molar-refractivity contribution in [1.29, 1.82) is 0 Å². The number of carbonyl (C=O) groups excluding carboxylic acids is 2. The van der Waals surface area contributed by atoms with Crippen molar-refractivity contribution in [1.82, 2.24) is 0 Å². The van der Waals surface area contributed by atoms with E-state index in [0.29, 0.717) is 5.75 Å². The van der Waals surface area contributed by atoms with Gasteiger partial charge in [0.25, 0.3) is 5.91 Å². The summed E-state index contributed by atoms with van der Waals surface area (Å²) in [7, 11) is 0.729. The standard InChI is InChI=1S/C19H20ClNO8S/c1-26-15-7-11(8-16(27-2)18(15)28-3)19(23)29-10-17(22)21-14-9-12(30(4,24)25)5-6-13(14)20/h5-9H,10H2,1-4H3,(H,21,22). The van der Waals surface area contributed by atoms with Gasteiger partial charge in [-0.2, -0.15) is 0 Å². The minimum atomic E-state index is -3.49. The van der Waals surface area contributed by atoms with Crippen LogP contribution in [-0.4, -0.2) is 54.5 Å². The van der Waals surface area contributed by atoms with Crippen LogP contribution < -0.4 is 19.5 Å². The Morgan fingerprint density at radius 1 is 1.00 bits per heavy atom. The van der Waals surface area contributed by atoms with Crippen molar-refractivity contribution in [2.75, 3.05) is 39.5 Å². The number of hydrogen-bond acceptors (Lipinski definition) is 8. The number of rotatable bonds is 8. The topological polar surface area (TPSA) is 117 Å². The van der Waals surface area contributed by atoms with Gasteiger partial charge in [0, 0.05) is 6.26 Å². The summed E-state index contributed by atoms with van der Waals surface area (Å²) >= 11 is 5.99. The molecule has 1 amide bonds. The summed E-state index contributed by atoms with van der Waals surface area (Å²) in [4.78, 5) is 24.5. The minimum Gasteiger partial charge on any atom is -0.493 e. The van der Waals surface area contributed by atoms with E-state index in [4.69, 9.17) is 30.5 Å². The molecule has 2 rings (SSSR count). The van der Waals surface area contributed by atoms with Crippen LogP contribution in [0.25, 0.3) is 0 Å². The van der Waals surface area contributed by atoms with Gasteiger partial charge in [0.2, 0.25) is 5.75 Å². The highest BCUT2D eigenvalue weighted by atomic mass is 35.5. The van der Waals surface area contributed by atoms with E-state index >= 15 is 0 Å². The van der Waals surface area contributed by atoms with Crippen molar-refractivity contribution >= 4 is 39.0 Å². The molecule has 0 saturated carbocycles. The van der Waals surface area contributed by atoms with Crippen molar-refractivity contribution < 1.29 is 37.0 Å². The van der Waals surface area contributed by atoms with E-state index in [9.17, 15) is 18.0 Å². The Balaban J connectivity index is 2.11. The third-order valence-electron chi connectivity index (χ3n) is 3.87. The number of sulfone groups is 1. The first-order chi connectivity index (χ1) is 14.1. The van der Waals surface area contributed by atoms with Gasteiger partial charge in [-0.15, -0.1) is 0 Å². The lowest BCUT2D eigenvalue weighted by Gasteiger charge is -2.14. The van der Waals surface area contributed by atoms with Gasteiger partial charge >= 0.3 is 5.97 Å². The first-order valence-electron chi connectivity index (χ1n) is 8.37. The molecular formula is C19H20ClNO8S. The van der Waals surface area contributed by atoms with Crippen LogP contribution in [-0.2, 0) is 19.4 Å². The van der Waals surface area contributed by atoms with Crippen molar-refractivity contribution in [3.8, 4) is 17.2 Å². The zero-order chi connectivity index (χ0) is 22.5. The third-order valence-corrected chi connectivity index (χ3v) is 5.31. The Bertz CT molecular complexity index is 1040. The average Bonchev–Trinajstić information content (AvgIpc) is 2.71. The maximum atomic E-state index is 12.3. The van der Waals surface area contributed by atoms with Gasteiger partial charge in [-0.25, -0.2) is 13.2 Å². The molecule has 0 radical (unpaired) electrons. The highest BCUT2D eigenvalue weighted by Gasteiger charge is 2.19. The molecule has 11 heteroatoms. The van der Waals surface area contributed by atoms with Crippen molar-refractivity contribution in [2.24, 2.45) is 0 Å². The molecule has 2 aromatic carbocycles. The quantitative estimate of drug-likeness (QED) is 0.601. The minimum absolute atomic E-state index is 0.0170. The van der Waals surface area contributed by atoms with Crippen LogP contribution in [0.3, 0.4) is 0 Å². The maximum Gasteiger partial charge on any atom is 0.338 e. The molecule has 0 aliphatic heterocycles. The second-order valence-corrected chi connectivity index (χ2v) is 8.38. The SMILES string of the molecule is COc1cc(C(=O)OCC(=O)Nc2cc(S(C)(=O)=O)ccc2Cl)cc(OC)c1OC. The normalized spacial score (nSPS) is 10.8. The summed E-state index contributed by atoms with van der Waals surface area (Å²) in [5.74, 6) is -0.714. The maximum absolute atomic E-state index is 12.3. The summed E-state index contributed by atoms with van der Waals surface area (Å²) < 4.78 is 43.8. The average molecular weight is 458 g/mol. The van der Waals surface area contributed by atoms with Crippen molar-refractivity contribution in [3.63, 3.8) is 0 Å². The molecule has 0 heterocycles. The van der Waals surface area contributed by atoms with E-state index < -0.39 is 28.3 Å². The van der Waals surface area contributed by atoms with Gasteiger partial charge in [0.1, 0.15) is 0 Å². The second-order valence-electron chi connectivity index (χ2n) is 5.95. The van der Waals surface area contributed by atoms with E-state index in [1.165, 1.54) is 51.7 Å². The Morgan fingerprint density at radius 3 is 2.10 bits per heavy atom. The fourth-order valence-electron chi connectivity index (χ4n) is 2.43. The summed E-state index contributed by atoms with van der Waals surface area (Å²) in [5.41, 5.74) is 0.155. The summed E-state index contributed by atoms with van der Waals surface area (Å²) in [6.45, 7) is -0.630. The molecule has 0 atom stereocenters. The smallest absolute Gasteiger partial charge is 0.338 e. The molecule has 0 aliphatic carbocycles. The van der Waals surface area contributed by atoms with Gasteiger partial charge in [-0.05, 0) is 30.3 Å². The van der Waals surface area contributed by atoms with Gasteiger partial charge in [0.15, 0.2) is 27.9 Å². The highest BCUT2D eigenvalue weighted by molar-refractivity contribution is 7.90. The van der Waals surface area contributed by atoms with Crippen LogP contribution in [0, 0.1) is 0 Å². The molecule has 30 heavy (non-hydrogen) atoms. The van der Waals surface area contributed by atoms with Crippen molar-refractivity contribution in [2.45, 2.75) is 4.90 Å². The Hall–Kier alpha value is -2.98. The number of carbonyl (C=O) groups is 2. The van der Waals surface area contributed by atoms with Gasteiger partial charge < -0.3 is 24.3 Å². The molecule has 0 unspecified atom stereocenters. The molecule has 0 fully saturated rings. The second kappa shape index (κ2) is 9.68. The van der Waals surface area contributed by atoms with E-state index in [1.54, 1.807) is 0 Å². The first kappa shape index (κ1) is 23.3. The summed E-state index contributed by atoms with van der Waals surface area (Å²) in [6, 6.07) is 6.64. The largest absolute Gasteiger partial charge is 0.493 e. The number of benzene rings is 2. The molecule has 0 bridgehead atoms. The zero-order valence-electron chi connectivity index (χ0n) is 16.6. The number of amides is 1. The fraction of sp³-hybridized carbons (Fsp3) is 0.263. The van der Waals surface area contributed by atoms with Crippen LogP contribution in [0.5, 0.6) is 17.2 Å². The van der Waals surface area contributed by atoms with Gasteiger partial charge in [0.05, 0.1) is 42.5 Å². The molecule has 162 valence electrons. The lowest BCUT2D eigenvalue weighted by atomic mass is 10.2. The van der Waals surface area contributed by atoms with E-state index in [1.807, 2.05) is 0 Å². The van der Waals surface area contributed by atoms with Crippen LogP contribution in [0.4, 0.5) is 5.69 Å². The molecule has 9 nitrogen and oxygen atoms in total. The summed E-state index contributed by atoms with van der Waals surface area (Å²) in [6.07, 6.45) is 1.03. The molecule has 0 spiro atoms. The number of ether oxygens (including phenoxy) is 4. The van der Waals surface area contributed by atoms with E-state index in [-0.39, 0.29) is 32.7 Å². The summed E-state index contributed by atoms with van der Waals surface area (Å²) in [5, 5.41) is 2.54. The molecule has 0 saturated heterocycles. The van der Waals surface area contributed by atoms with Crippen LogP contribution in [0.15, 0.2) is 35.2 Å².